The number of likely N-dealkylation sites (N-methyl/N-ethyl adjacent to an activating group) is 1. The molecule has 3 nitrogen and oxygen atoms in total. The third-order valence-corrected chi connectivity index (χ3v) is 3.21. The Morgan fingerprint density at radius 3 is 3.00 bits per heavy atom. The second-order valence-corrected chi connectivity index (χ2v) is 4.96. The number of nitrogens with zero attached hydrogens (tertiary/aromatic N) is 1. The van der Waals surface area contributed by atoms with Gasteiger partial charge in [-0.3, -0.25) is 4.90 Å². The fourth-order valence-electron chi connectivity index (χ4n) is 2.33. The average Bonchev–Trinajstić information content (AvgIpc) is 2.76. The molecule has 0 spiro atoms. The number of ether oxygens (including phenoxy) is 1. The number of aromatic hydroxyl groups is 1. The van der Waals surface area contributed by atoms with E-state index in [1.165, 1.54) is 12.0 Å². The van der Waals surface area contributed by atoms with Gasteiger partial charge in [0.15, 0.2) is 0 Å². The Kier molecular flexibility index (Phi) is 4.02. The molecule has 94 valence electrons. The van der Waals surface area contributed by atoms with Crippen LogP contribution in [0.1, 0.15) is 24.0 Å². The normalized spacial score (nSPS) is 20.1. The van der Waals surface area contributed by atoms with Crippen LogP contribution in [0, 0.1) is 6.92 Å². The van der Waals surface area contributed by atoms with E-state index in [1.54, 1.807) is 6.07 Å². The first kappa shape index (κ1) is 12.4. The highest BCUT2D eigenvalue weighted by Crippen LogP contribution is 2.20. The number of rotatable bonds is 4. The van der Waals surface area contributed by atoms with Crippen molar-refractivity contribution in [3.05, 3.63) is 29.3 Å². The average molecular weight is 235 g/mol. The molecule has 1 fully saturated rings. The molecule has 1 aromatic carbocycles. The second kappa shape index (κ2) is 5.52. The van der Waals surface area contributed by atoms with Gasteiger partial charge in [-0.25, -0.2) is 0 Å². The molecule has 0 aliphatic carbocycles. The van der Waals surface area contributed by atoms with E-state index in [0.717, 1.165) is 31.7 Å². The highest BCUT2D eigenvalue weighted by atomic mass is 16.5. The lowest BCUT2D eigenvalue weighted by atomic mass is 10.1. The molecule has 1 aliphatic rings. The van der Waals surface area contributed by atoms with E-state index in [-0.39, 0.29) is 0 Å². The van der Waals surface area contributed by atoms with Crippen molar-refractivity contribution in [1.82, 2.24) is 4.90 Å². The van der Waals surface area contributed by atoms with Gasteiger partial charge in [0.25, 0.3) is 0 Å². The largest absolute Gasteiger partial charge is 0.508 e. The maximum Gasteiger partial charge on any atom is 0.120 e. The molecule has 0 aromatic heterocycles. The number of aryl methyl sites for hydroxylation is 1. The molecule has 0 radical (unpaired) electrons. The smallest absolute Gasteiger partial charge is 0.120 e. The second-order valence-electron chi connectivity index (χ2n) is 4.96. The summed E-state index contributed by atoms with van der Waals surface area (Å²) < 4.78 is 5.61. The van der Waals surface area contributed by atoms with E-state index in [0.29, 0.717) is 11.9 Å². The van der Waals surface area contributed by atoms with Crippen LogP contribution in [0.4, 0.5) is 0 Å². The Bertz CT molecular complexity index is 372. The van der Waals surface area contributed by atoms with Crippen LogP contribution in [0.5, 0.6) is 5.75 Å². The van der Waals surface area contributed by atoms with Gasteiger partial charge in [0.05, 0.1) is 6.10 Å². The summed E-state index contributed by atoms with van der Waals surface area (Å²) in [6.07, 6.45) is 2.70. The van der Waals surface area contributed by atoms with Crippen molar-refractivity contribution >= 4 is 0 Å². The first-order valence-electron chi connectivity index (χ1n) is 6.24. The van der Waals surface area contributed by atoms with Crippen LogP contribution in [0.3, 0.4) is 0 Å². The van der Waals surface area contributed by atoms with Crippen molar-refractivity contribution < 1.29 is 9.84 Å². The van der Waals surface area contributed by atoms with E-state index < -0.39 is 0 Å². The molecule has 1 saturated heterocycles. The summed E-state index contributed by atoms with van der Waals surface area (Å²) in [6, 6.07) is 5.74. The van der Waals surface area contributed by atoms with Crippen LogP contribution < -0.4 is 0 Å². The molecule has 1 aromatic rings. The van der Waals surface area contributed by atoms with Crippen LogP contribution >= 0.6 is 0 Å². The summed E-state index contributed by atoms with van der Waals surface area (Å²) in [5.41, 5.74) is 2.17. The van der Waals surface area contributed by atoms with Crippen molar-refractivity contribution in [2.75, 3.05) is 20.2 Å². The zero-order chi connectivity index (χ0) is 12.3. The molecule has 1 unspecified atom stereocenters. The first-order valence-corrected chi connectivity index (χ1v) is 6.24. The van der Waals surface area contributed by atoms with Crippen molar-refractivity contribution in [1.29, 1.82) is 0 Å². The van der Waals surface area contributed by atoms with E-state index in [2.05, 4.69) is 11.9 Å². The highest BCUT2D eigenvalue weighted by Gasteiger charge is 2.17. The fourth-order valence-corrected chi connectivity index (χ4v) is 2.33. The van der Waals surface area contributed by atoms with Gasteiger partial charge in [0, 0.05) is 25.3 Å². The van der Waals surface area contributed by atoms with Gasteiger partial charge in [-0.1, -0.05) is 17.7 Å². The monoisotopic (exact) mass is 235 g/mol. The number of benzene rings is 1. The molecule has 1 atom stereocenters. The fraction of sp³-hybridized carbons (Fsp3) is 0.571. The van der Waals surface area contributed by atoms with Crippen LogP contribution in [0.15, 0.2) is 18.2 Å². The number of hydrogen-bond donors (Lipinski definition) is 1. The molecule has 2 rings (SSSR count). The minimum Gasteiger partial charge on any atom is -0.508 e. The minimum atomic E-state index is 0.368. The predicted molar refractivity (Wildman–Crippen MR) is 68.2 cm³/mol. The predicted octanol–water partition coefficient (Wildman–Crippen LogP) is 2.31. The zero-order valence-corrected chi connectivity index (χ0v) is 10.6. The van der Waals surface area contributed by atoms with Crippen LogP contribution in [0.2, 0.25) is 0 Å². The van der Waals surface area contributed by atoms with Gasteiger partial charge < -0.3 is 9.84 Å². The quantitative estimate of drug-likeness (QED) is 0.869. The minimum absolute atomic E-state index is 0.368. The van der Waals surface area contributed by atoms with Gasteiger partial charge >= 0.3 is 0 Å². The number of phenolic OH excluding ortho intramolecular Hbond substituents is 1. The van der Waals surface area contributed by atoms with Crippen LogP contribution in [0.25, 0.3) is 0 Å². The van der Waals surface area contributed by atoms with Crippen molar-refractivity contribution in [2.45, 2.75) is 32.4 Å². The molecular weight excluding hydrogens is 214 g/mol. The molecule has 3 heteroatoms. The lowest BCUT2D eigenvalue weighted by Crippen LogP contribution is -2.28. The molecule has 0 bridgehead atoms. The Balaban J connectivity index is 1.92. The summed E-state index contributed by atoms with van der Waals surface area (Å²) in [7, 11) is 2.07. The maximum atomic E-state index is 9.79. The van der Waals surface area contributed by atoms with E-state index in [1.807, 2.05) is 19.1 Å². The molecule has 0 amide bonds. The van der Waals surface area contributed by atoms with Gasteiger partial charge in [-0.05, 0) is 32.9 Å². The first-order chi connectivity index (χ1) is 8.15. The summed E-state index contributed by atoms with van der Waals surface area (Å²) in [4.78, 5) is 2.21. The van der Waals surface area contributed by atoms with Crippen molar-refractivity contribution in [3.63, 3.8) is 0 Å². The molecular formula is C14H21NO2. The van der Waals surface area contributed by atoms with Crippen LogP contribution in [-0.4, -0.2) is 36.3 Å². The van der Waals surface area contributed by atoms with Crippen LogP contribution in [-0.2, 0) is 11.3 Å². The zero-order valence-electron chi connectivity index (χ0n) is 10.6. The summed E-state index contributed by atoms with van der Waals surface area (Å²) in [5, 5.41) is 9.79. The molecule has 1 heterocycles. The van der Waals surface area contributed by atoms with Crippen molar-refractivity contribution in [2.24, 2.45) is 0 Å². The van der Waals surface area contributed by atoms with E-state index in [9.17, 15) is 5.11 Å². The van der Waals surface area contributed by atoms with E-state index >= 15 is 0 Å². The third kappa shape index (κ3) is 3.45. The summed E-state index contributed by atoms with van der Waals surface area (Å²) in [6.45, 7) is 4.65. The van der Waals surface area contributed by atoms with E-state index in [4.69, 9.17) is 4.74 Å². The standard InChI is InChI=1S/C14H21NO2/c1-11-5-6-14(16)12(8-11)9-15(2)10-13-4-3-7-17-13/h5-6,8,13,16H,3-4,7,9-10H2,1-2H3. The Morgan fingerprint density at radius 2 is 2.29 bits per heavy atom. The molecule has 17 heavy (non-hydrogen) atoms. The van der Waals surface area contributed by atoms with Crippen molar-refractivity contribution in [3.8, 4) is 5.75 Å². The van der Waals surface area contributed by atoms with Gasteiger partial charge in [-0.15, -0.1) is 0 Å². The van der Waals surface area contributed by atoms with Gasteiger partial charge in [-0.2, -0.15) is 0 Å². The SMILES string of the molecule is Cc1ccc(O)c(CN(C)CC2CCCO2)c1. The number of phenols is 1. The Morgan fingerprint density at radius 1 is 1.47 bits per heavy atom. The topological polar surface area (TPSA) is 32.7 Å². The Hall–Kier alpha value is -1.06. The lowest BCUT2D eigenvalue weighted by molar-refractivity contribution is 0.0791. The maximum absolute atomic E-state index is 9.79. The molecule has 0 saturated carbocycles. The molecule has 1 aliphatic heterocycles. The molecule has 1 N–H and O–H groups in total. The highest BCUT2D eigenvalue weighted by molar-refractivity contribution is 5.35. The Labute approximate surface area is 103 Å². The lowest BCUT2D eigenvalue weighted by Gasteiger charge is -2.21. The third-order valence-electron chi connectivity index (χ3n) is 3.21. The summed E-state index contributed by atoms with van der Waals surface area (Å²) in [5.74, 6) is 0.384. The van der Waals surface area contributed by atoms with Gasteiger partial charge in [0.1, 0.15) is 5.75 Å². The van der Waals surface area contributed by atoms with Gasteiger partial charge in [0.2, 0.25) is 0 Å². The number of hydrogen-bond acceptors (Lipinski definition) is 3. The summed E-state index contributed by atoms with van der Waals surface area (Å²) >= 11 is 0.